The fraction of sp³-hybridized carbons (Fsp3) is 0.882. The van der Waals surface area contributed by atoms with E-state index in [1.807, 2.05) is 0 Å². The number of likely N-dealkylation sites (tertiary alicyclic amines) is 1. The molecule has 4 saturated carbocycles. The van der Waals surface area contributed by atoms with E-state index < -0.39 is 0 Å². The van der Waals surface area contributed by atoms with Gasteiger partial charge in [0.15, 0.2) is 0 Å². The van der Waals surface area contributed by atoms with Crippen LogP contribution < -0.4 is 5.73 Å². The Labute approximate surface area is 132 Å². The van der Waals surface area contributed by atoms with Gasteiger partial charge in [-0.05, 0) is 68.6 Å². The van der Waals surface area contributed by atoms with Gasteiger partial charge in [0.1, 0.15) is 0 Å². The van der Waals surface area contributed by atoms with Crippen LogP contribution in [-0.2, 0) is 4.79 Å². The van der Waals surface area contributed by atoms with Gasteiger partial charge in [-0.15, -0.1) is 0 Å². The average Bonchev–Trinajstić information content (AvgIpc) is 2.46. The van der Waals surface area contributed by atoms with Crippen molar-refractivity contribution in [3.8, 4) is 0 Å². The van der Waals surface area contributed by atoms with Crippen LogP contribution in [0.2, 0.25) is 0 Å². The highest BCUT2D eigenvalue weighted by Crippen LogP contribution is 2.56. The van der Waals surface area contributed by atoms with Gasteiger partial charge in [-0.25, -0.2) is 0 Å². The minimum atomic E-state index is 0.245. The molecule has 5 aliphatic rings. The van der Waals surface area contributed by atoms with E-state index in [1.165, 1.54) is 32.1 Å². The third-order valence-corrected chi connectivity index (χ3v) is 6.98. The lowest BCUT2D eigenvalue weighted by Crippen LogP contribution is -2.54. The first-order valence-electron chi connectivity index (χ1n) is 8.70. The van der Waals surface area contributed by atoms with Crippen LogP contribution in [0.25, 0.3) is 0 Å². The molecule has 5 fully saturated rings. The number of hydrogen-bond donors (Lipinski definition) is 1. The Balaban J connectivity index is 1.48. The summed E-state index contributed by atoms with van der Waals surface area (Å²) >= 11 is 5.15. The van der Waals surface area contributed by atoms with Gasteiger partial charge in [-0.2, -0.15) is 0 Å². The number of carbonyl (C=O) groups is 1. The second-order valence-corrected chi connectivity index (χ2v) is 8.45. The fourth-order valence-electron chi connectivity index (χ4n) is 5.95. The van der Waals surface area contributed by atoms with Crippen LogP contribution in [-0.4, -0.2) is 28.9 Å². The van der Waals surface area contributed by atoms with Crippen molar-refractivity contribution in [2.45, 2.75) is 44.9 Å². The summed E-state index contributed by atoms with van der Waals surface area (Å²) in [7, 11) is 0. The first-order chi connectivity index (χ1) is 10.1. The van der Waals surface area contributed by atoms with Crippen molar-refractivity contribution in [1.29, 1.82) is 0 Å². The molecule has 1 saturated heterocycles. The van der Waals surface area contributed by atoms with Crippen molar-refractivity contribution in [3.05, 3.63) is 0 Å². The Morgan fingerprint density at radius 1 is 1.05 bits per heavy atom. The van der Waals surface area contributed by atoms with Gasteiger partial charge in [-0.1, -0.05) is 12.2 Å². The van der Waals surface area contributed by atoms with Gasteiger partial charge in [0.25, 0.3) is 0 Å². The van der Waals surface area contributed by atoms with Gasteiger partial charge in [-0.3, -0.25) is 4.79 Å². The first-order valence-corrected chi connectivity index (χ1v) is 9.10. The molecular formula is C17H26N2OS. The molecule has 21 heavy (non-hydrogen) atoms. The molecule has 0 spiro atoms. The molecule has 1 unspecified atom stereocenters. The SMILES string of the molecule is NC(=S)C1CCCN(C(=O)C2C3CC4CC(C3)CC2C4)C1. The minimum Gasteiger partial charge on any atom is -0.393 e. The molecule has 0 aromatic heterocycles. The minimum absolute atomic E-state index is 0.245. The Hall–Kier alpha value is -0.640. The summed E-state index contributed by atoms with van der Waals surface area (Å²) in [5, 5.41) is 0. The molecule has 0 radical (unpaired) electrons. The van der Waals surface area contributed by atoms with Crippen LogP contribution in [0, 0.1) is 35.5 Å². The third kappa shape index (κ3) is 2.39. The van der Waals surface area contributed by atoms with Crippen molar-refractivity contribution >= 4 is 23.1 Å². The summed E-state index contributed by atoms with van der Waals surface area (Å²) in [6.07, 6.45) is 8.82. The summed E-state index contributed by atoms with van der Waals surface area (Å²) in [6, 6.07) is 0. The van der Waals surface area contributed by atoms with E-state index in [-0.39, 0.29) is 5.92 Å². The van der Waals surface area contributed by atoms with Crippen LogP contribution in [0.3, 0.4) is 0 Å². The molecule has 4 bridgehead atoms. The second-order valence-electron chi connectivity index (χ2n) is 7.98. The molecule has 4 heteroatoms. The number of nitrogens with two attached hydrogens (primary N) is 1. The van der Waals surface area contributed by atoms with Gasteiger partial charge >= 0.3 is 0 Å². The monoisotopic (exact) mass is 306 g/mol. The van der Waals surface area contributed by atoms with E-state index in [1.54, 1.807) is 0 Å². The lowest BCUT2D eigenvalue weighted by molar-refractivity contribution is -0.150. The highest BCUT2D eigenvalue weighted by Gasteiger charge is 2.51. The third-order valence-electron chi connectivity index (χ3n) is 6.65. The maximum Gasteiger partial charge on any atom is 0.226 e. The van der Waals surface area contributed by atoms with Crippen LogP contribution in [0.15, 0.2) is 0 Å². The predicted molar refractivity (Wildman–Crippen MR) is 86.6 cm³/mol. The summed E-state index contributed by atoms with van der Waals surface area (Å²) in [5.41, 5.74) is 5.82. The zero-order chi connectivity index (χ0) is 14.6. The van der Waals surface area contributed by atoms with Crippen molar-refractivity contribution in [2.75, 3.05) is 13.1 Å². The van der Waals surface area contributed by atoms with Crippen LogP contribution in [0.5, 0.6) is 0 Å². The first kappa shape index (κ1) is 14.0. The maximum atomic E-state index is 13.1. The summed E-state index contributed by atoms with van der Waals surface area (Å²) in [6.45, 7) is 1.69. The summed E-state index contributed by atoms with van der Waals surface area (Å²) < 4.78 is 0. The zero-order valence-corrected chi connectivity index (χ0v) is 13.5. The van der Waals surface area contributed by atoms with E-state index >= 15 is 0 Å². The highest BCUT2D eigenvalue weighted by atomic mass is 32.1. The van der Waals surface area contributed by atoms with Crippen LogP contribution in [0.1, 0.15) is 44.9 Å². The van der Waals surface area contributed by atoms with Crippen molar-refractivity contribution in [1.82, 2.24) is 4.90 Å². The van der Waals surface area contributed by atoms with Crippen LogP contribution >= 0.6 is 12.2 Å². The molecular weight excluding hydrogens is 280 g/mol. The number of rotatable bonds is 2. The van der Waals surface area contributed by atoms with E-state index in [9.17, 15) is 4.79 Å². The Morgan fingerprint density at radius 3 is 2.24 bits per heavy atom. The number of amides is 1. The molecule has 4 aliphatic carbocycles. The lowest BCUT2D eigenvalue weighted by atomic mass is 9.51. The maximum absolute atomic E-state index is 13.1. The molecule has 1 aliphatic heterocycles. The van der Waals surface area contributed by atoms with E-state index in [2.05, 4.69) is 4.90 Å². The smallest absolute Gasteiger partial charge is 0.226 e. The molecule has 3 nitrogen and oxygen atoms in total. The quantitative estimate of drug-likeness (QED) is 0.798. The molecule has 5 rings (SSSR count). The van der Waals surface area contributed by atoms with Gasteiger partial charge in [0.05, 0.1) is 4.99 Å². The van der Waals surface area contributed by atoms with Gasteiger partial charge < -0.3 is 10.6 Å². The number of piperidine rings is 1. The zero-order valence-electron chi connectivity index (χ0n) is 12.7. The summed E-state index contributed by atoms with van der Waals surface area (Å²) in [5.74, 6) is 4.23. The summed E-state index contributed by atoms with van der Waals surface area (Å²) in [4.78, 5) is 15.8. The topological polar surface area (TPSA) is 46.3 Å². The highest BCUT2D eigenvalue weighted by molar-refractivity contribution is 7.80. The molecule has 2 N–H and O–H groups in total. The van der Waals surface area contributed by atoms with Crippen molar-refractivity contribution in [2.24, 2.45) is 41.2 Å². The Kier molecular flexibility index (Phi) is 3.48. The number of carbonyl (C=O) groups excluding carboxylic acids is 1. The molecule has 1 atom stereocenters. The number of nitrogens with zero attached hydrogens (tertiary/aromatic N) is 1. The molecule has 116 valence electrons. The van der Waals surface area contributed by atoms with E-state index in [0.29, 0.717) is 28.6 Å². The Morgan fingerprint density at radius 2 is 1.67 bits per heavy atom. The fourth-order valence-corrected chi connectivity index (χ4v) is 6.14. The Bertz CT molecular complexity index is 436. The van der Waals surface area contributed by atoms with Crippen LogP contribution in [0.4, 0.5) is 0 Å². The number of hydrogen-bond acceptors (Lipinski definition) is 2. The molecule has 1 heterocycles. The normalized spacial score (nSPS) is 44.9. The number of thiocarbonyl (C=S) groups is 1. The van der Waals surface area contributed by atoms with Crippen molar-refractivity contribution < 1.29 is 4.79 Å². The molecule has 0 aromatic carbocycles. The lowest BCUT2D eigenvalue weighted by Gasteiger charge is -2.54. The molecule has 0 aromatic rings. The largest absolute Gasteiger partial charge is 0.393 e. The van der Waals surface area contributed by atoms with E-state index in [0.717, 1.165) is 37.8 Å². The molecule has 1 amide bonds. The predicted octanol–water partition coefficient (Wildman–Crippen LogP) is 2.58. The van der Waals surface area contributed by atoms with E-state index in [4.69, 9.17) is 18.0 Å². The standard InChI is InChI=1S/C17H26N2OS/c18-16(21)12-2-1-3-19(9-12)17(20)15-13-5-10-4-11(7-13)8-14(15)6-10/h10-15H,1-9H2,(H2,18,21). The second kappa shape index (κ2) is 5.22. The van der Waals surface area contributed by atoms with Gasteiger partial charge in [0.2, 0.25) is 5.91 Å². The average molecular weight is 306 g/mol. The van der Waals surface area contributed by atoms with Gasteiger partial charge in [0, 0.05) is 24.9 Å². The van der Waals surface area contributed by atoms with Crippen molar-refractivity contribution in [3.63, 3.8) is 0 Å².